The standard InChI is InChI=1S/C28H27N2O.C12H10N.Ir/c1-17(2)12-21-10-11-22-23(16-31-26(22)15-21)28-29-24-8-6-7-9-25(24)30(28)27-19(4)13-18(3)14-20(27)5;1-10-7-8-12(13-9-10)11-5-3-2-4-6-11;/h6-11,13-15,17H,12H2,1-5H3;2-5,7-9H,1H3;/q2*-1;/i;1D3;. The Kier molecular flexibility index (Phi) is 8.62. The molecule has 7 rings (SSSR count). The number of hydrogen-bond donors (Lipinski definition) is 0. The summed E-state index contributed by atoms with van der Waals surface area (Å²) >= 11 is 0. The Morgan fingerprint density at radius 3 is 2.36 bits per heavy atom. The molecule has 0 amide bonds. The predicted molar refractivity (Wildman–Crippen MR) is 181 cm³/mol. The number of hydrogen-bond acceptors (Lipinski definition) is 3. The van der Waals surface area contributed by atoms with Crippen molar-refractivity contribution in [1.29, 1.82) is 0 Å². The molecular weight excluding hydrogens is 731 g/mol. The summed E-state index contributed by atoms with van der Waals surface area (Å²) in [5.41, 5.74) is 11.9. The van der Waals surface area contributed by atoms with Gasteiger partial charge in [0, 0.05) is 47.9 Å². The molecule has 229 valence electrons. The van der Waals surface area contributed by atoms with Crippen molar-refractivity contribution in [1.82, 2.24) is 14.5 Å². The van der Waals surface area contributed by atoms with Gasteiger partial charge < -0.3 is 14.0 Å². The first-order valence-corrected chi connectivity index (χ1v) is 14.9. The van der Waals surface area contributed by atoms with Gasteiger partial charge in [-0.15, -0.1) is 42.0 Å². The SMILES string of the molecule is Cc1cc(C)c(-n2c(-c3[c-]oc4cc(CC(C)C)ccc34)nc3ccccc32)c(C)c1.[2H]C([2H])([2H])c1ccc(-c2[c-]cccc2)nc1.[Ir]. The molecule has 1 radical (unpaired) electrons. The maximum Gasteiger partial charge on any atom is 0.0774 e. The van der Waals surface area contributed by atoms with Gasteiger partial charge in [0.25, 0.3) is 0 Å². The Bertz CT molecular complexity index is 2140. The second kappa shape index (κ2) is 13.8. The number of para-hydroxylation sites is 2. The number of imidazole rings is 1. The average molecular weight is 771 g/mol. The van der Waals surface area contributed by atoms with E-state index in [4.69, 9.17) is 13.5 Å². The quantitative estimate of drug-likeness (QED) is 0.164. The van der Waals surface area contributed by atoms with Crippen LogP contribution in [0.2, 0.25) is 0 Å². The fraction of sp³-hybridized carbons (Fsp3) is 0.200. The van der Waals surface area contributed by atoms with E-state index < -0.39 is 6.85 Å². The van der Waals surface area contributed by atoms with E-state index >= 15 is 0 Å². The third-order valence-electron chi connectivity index (χ3n) is 7.61. The van der Waals surface area contributed by atoms with Gasteiger partial charge in [-0.1, -0.05) is 84.5 Å². The Labute approximate surface area is 283 Å². The normalized spacial score (nSPS) is 12.3. The van der Waals surface area contributed by atoms with Gasteiger partial charge >= 0.3 is 0 Å². The van der Waals surface area contributed by atoms with Gasteiger partial charge in [0.05, 0.1) is 16.9 Å². The van der Waals surface area contributed by atoms with E-state index in [0.29, 0.717) is 5.92 Å². The zero-order valence-corrected chi connectivity index (χ0v) is 28.5. The van der Waals surface area contributed by atoms with Crippen molar-refractivity contribution >= 4 is 22.0 Å². The van der Waals surface area contributed by atoms with Crippen molar-refractivity contribution in [3.63, 3.8) is 0 Å². The monoisotopic (exact) mass is 771 g/mol. The molecule has 0 unspecified atom stereocenters. The van der Waals surface area contributed by atoms with Gasteiger partial charge in [-0.2, -0.15) is 0 Å². The number of rotatable bonds is 5. The van der Waals surface area contributed by atoms with Crippen molar-refractivity contribution in [2.24, 2.45) is 5.92 Å². The number of benzene rings is 4. The van der Waals surface area contributed by atoms with Crippen LogP contribution in [0.1, 0.15) is 45.8 Å². The van der Waals surface area contributed by atoms with E-state index in [9.17, 15) is 0 Å². The van der Waals surface area contributed by atoms with Crippen LogP contribution >= 0.6 is 0 Å². The molecule has 45 heavy (non-hydrogen) atoms. The van der Waals surface area contributed by atoms with Crippen molar-refractivity contribution in [3.05, 3.63) is 137 Å². The number of fused-ring (bicyclic) bond motifs is 2. The number of nitrogens with zero attached hydrogens (tertiary/aromatic N) is 3. The van der Waals surface area contributed by atoms with E-state index in [1.54, 1.807) is 18.2 Å². The van der Waals surface area contributed by atoms with Crippen LogP contribution in [0, 0.1) is 45.9 Å². The van der Waals surface area contributed by atoms with Crippen LogP contribution < -0.4 is 0 Å². The maximum atomic E-state index is 7.23. The van der Waals surface area contributed by atoms with E-state index in [1.807, 2.05) is 24.3 Å². The summed E-state index contributed by atoms with van der Waals surface area (Å²) in [6.07, 6.45) is 5.60. The second-order valence-electron chi connectivity index (χ2n) is 11.7. The topological polar surface area (TPSA) is 43.9 Å². The summed E-state index contributed by atoms with van der Waals surface area (Å²) in [5.74, 6) is 1.47. The molecule has 0 saturated carbocycles. The van der Waals surface area contributed by atoms with Crippen molar-refractivity contribution in [2.75, 3.05) is 0 Å². The minimum Gasteiger partial charge on any atom is -0.557 e. The number of aromatic nitrogens is 3. The van der Waals surface area contributed by atoms with E-state index in [-0.39, 0.29) is 25.7 Å². The largest absolute Gasteiger partial charge is 0.557 e. The molecule has 0 spiro atoms. The van der Waals surface area contributed by atoms with Gasteiger partial charge in [0.2, 0.25) is 0 Å². The minimum absolute atomic E-state index is 0. The molecular formula is C40H37IrN3O-2. The first-order valence-electron chi connectivity index (χ1n) is 16.4. The molecule has 3 aromatic heterocycles. The number of furan rings is 1. The van der Waals surface area contributed by atoms with Crippen LogP contribution in [-0.4, -0.2) is 14.5 Å². The van der Waals surface area contributed by atoms with Crippen LogP contribution in [0.3, 0.4) is 0 Å². The zero-order chi connectivity index (χ0) is 33.3. The van der Waals surface area contributed by atoms with Crippen LogP contribution in [0.5, 0.6) is 0 Å². The molecule has 0 atom stereocenters. The molecule has 0 aliphatic rings. The summed E-state index contributed by atoms with van der Waals surface area (Å²) in [7, 11) is 0. The predicted octanol–water partition coefficient (Wildman–Crippen LogP) is 10.2. The number of aryl methyl sites for hydroxylation is 4. The first-order chi connectivity index (χ1) is 22.5. The molecule has 0 saturated heterocycles. The molecule has 7 aromatic rings. The Hall–Kier alpha value is -4.31. The molecule has 0 fully saturated rings. The van der Waals surface area contributed by atoms with E-state index in [2.05, 4.69) is 105 Å². The second-order valence-corrected chi connectivity index (χ2v) is 11.7. The fourth-order valence-corrected chi connectivity index (χ4v) is 5.83. The Morgan fingerprint density at radius 2 is 1.67 bits per heavy atom. The summed E-state index contributed by atoms with van der Waals surface area (Å²) < 4.78 is 29.9. The Balaban J connectivity index is 0.000000224. The van der Waals surface area contributed by atoms with Gasteiger partial charge in [0.1, 0.15) is 0 Å². The van der Waals surface area contributed by atoms with Gasteiger partial charge in [0.15, 0.2) is 0 Å². The van der Waals surface area contributed by atoms with Crippen LogP contribution in [0.25, 0.3) is 50.3 Å². The van der Waals surface area contributed by atoms with Crippen molar-refractivity contribution in [2.45, 2.75) is 47.9 Å². The molecule has 3 heterocycles. The molecule has 4 aromatic carbocycles. The summed E-state index contributed by atoms with van der Waals surface area (Å²) in [6.45, 7) is 8.86. The summed E-state index contributed by atoms with van der Waals surface area (Å²) in [4.78, 5) is 9.15. The zero-order valence-electron chi connectivity index (χ0n) is 29.1. The van der Waals surface area contributed by atoms with Crippen molar-refractivity contribution in [3.8, 4) is 28.3 Å². The minimum atomic E-state index is -2.09. The van der Waals surface area contributed by atoms with Gasteiger partial charge in [-0.25, -0.2) is 0 Å². The van der Waals surface area contributed by atoms with Crippen LogP contribution in [-0.2, 0) is 26.5 Å². The van der Waals surface area contributed by atoms with E-state index in [0.717, 1.165) is 51.1 Å². The molecule has 0 aliphatic heterocycles. The molecule has 0 aliphatic carbocycles. The number of pyridine rings is 1. The van der Waals surface area contributed by atoms with Crippen LogP contribution in [0.4, 0.5) is 0 Å². The maximum absolute atomic E-state index is 7.23. The molecule has 5 heteroatoms. The van der Waals surface area contributed by atoms with E-state index in [1.165, 1.54) is 34.1 Å². The summed E-state index contributed by atoms with van der Waals surface area (Å²) in [5, 5.41) is 1.05. The fourth-order valence-electron chi connectivity index (χ4n) is 5.83. The van der Waals surface area contributed by atoms with Crippen LogP contribution in [0.15, 0.2) is 102 Å². The average Bonchev–Trinajstić information content (AvgIpc) is 3.62. The Morgan fingerprint density at radius 1 is 0.889 bits per heavy atom. The smallest absolute Gasteiger partial charge is 0.0774 e. The molecule has 4 nitrogen and oxygen atoms in total. The van der Waals surface area contributed by atoms with Gasteiger partial charge in [-0.05, 0) is 74.5 Å². The molecule has 0 bridgehead atoms. The third-order valence-corrected chi connectivity index (χ3v) is 7.61. The van der Waals surface area contributed by atoms with Gasteiger partial charge in [-0.3, -0.25) is 4.98 Å². The third kappa shape index (κ3) is 6.85. The summed E-state index contributed by atoms with van der Waals surface area (Å²) in [6, 6.07) is 33.0. The first kappa shape index (κ1) is 28.2. The molecule has 0 N–H and O–H groups in total. The van der Waals surface area contributed by atoms with Crippen molar-refractivity contribution < 1.29 is 28.6 Å².